The first-order valence-electron chi connectivity index (χ1n) is 6.63. The van der Waals surface area contributed by atoms with Crippen molar-refractivity contribution in [3.05, 3.63) is 0 Å². The van der Waals surface area contributed by atoms with Gasteiger partial charge in [0.05, 0.1) is 31.5 Å². The van der Waals surface area contributed by atoms with Crippen LogP contribution in [0.2, 0.25) is 0 Å². The van der Waals surface area contributed by atoms with Crippen molar-refractivity contribution in [3.8, 4) is 6.07 Å². The molecule has 0 bridgehead atoms. The summed E-state index contributed by atoms with van der Waals surface area (Å²) in [5, 5.41) is 8.98. The van der Waals surface area contributed by atoms with Gasteiger partial charge >= 0.3 is 0 Å². The van der Waals surface area contributed by atoms with E-state index in [0.29, 0.717) is 32.3 Å². The van der Waals surface area contributed by atoms with Crippen LogP contribution in [0.1, 0.15) is 32.6 Å². The van der Waals surface area contributed by atoms with Gasteiger partial charge in [0.15, 0.2) is 0 Å². The van der Waals surface area contributed by atoms with E-state index in [1.165, 1.54) is 0 Å². The summed E-state index contributed by atoms with van der Waals surface area (Å²) in [5.41, 5.74) is 0. The molecule has 0 aromatic carbocycles. The lowest BCUT2D eigenvalue weighted by atomic mass is 10.1. The molecule has 0 unspecified atom stereocenters. The van der Waals surface area contributed by atoms with Gasteiger partial charge in [-0.2, -0.15) is 5.26 Å². The molecule has 0 saturated carbocycles. The maximum absolute atomic E-state index is 12.1. The van der Waals surface area contributed by atoms with E-state index in [9.17, 15) is 4.79 Å². The lowest BCUT2D eigenvalue weighted by Crippen LogP contribution is -2.48. The minimum Gasteiger partial charge on any atom is -0.376 e. The summed E-state index contributed by atoms with van der Waals surface area (Å²) in [4.78, 5) is 13.7. The standard InChI is InChI=1S/C13H20N2O3/c1-10-2-3-12(18-10)4-5-13(16)15-6-7-17-9-11(15)8-14/h10-12H,2-7,9H2,1H3/t10-,11-,12+/m0/s1. The zero-order valence-corrected chi connectivity index (χ0v) is 10.8. The number of hydrogen-bond donors (Lipinski definition) is 0. The van der Waals surface area contributed by atoms with E-state index in [2.05, 4.69) is 13.0 Å². The molecule has 100 valence electrons. The molecule has 5 heteroatoms. The quantitative estimate of drug-likeness (QED) is 0.754. The van der Waals surface area contributed by atoms with Gasteiger partial charge in [-0.25, -0.2) is 0 Å². The van der Waals surface area contributed by atoms with Crippen LogP contribution in [-0.2, 0) is 14.3 Å². The Labute approximate surface area is 108 Å². The predicted molar refractivity (Wildman–Crippen MR) is 64.7 cm³/mol. The largest absolute Gasteiger partial charge is 0.376 e. The number of carbonyl (C=O) groups excluding carboxylic acids is 1. The van der Waals surface area contributed by atoms with Gasteiger partial charge in [0, 0.05) is 13.0 Å². The molecule has 0 radical (unpaired) electrons. The van der Waals surface area contributed by atoms with Crippen molar-refractivity contribution in [2.45, 2.75) is 50.9 Å². The van der Waals surface area contributed by atoms with Gasteiger partial charge in [-0.1, -0.05) is 0 Å². The maximum Gasteiger partial charge on any atom is 0.223 e. The van der Waals surface area contributed by atoms with Gasteiger partial charge in [0.1, 0.15) is 6.04 Å². The molecule has 0 N–H and O–H groups in total. The predicted octanol–water partition coefficient (Wildman–Crippen LogP) is 1.09. The van der Waals surface area contributed by atoms with E-state index in [-0.39, 0.29) is 12.0 Å². The fourth-order valence-corrected chi connectivity index (χ4v) is 2.53. The Kier molecular flexibility index (Phi) is 4.56. The molecule has 5 nitrogen and oxygen atoms in total. The highest BCUT2D eigenvalue weighted by atomic mass is 16.5. The van der Waals surface area contributed by atoms with Gasteiger partial charge in [-0.15, -0.1) is 0 Å². The van der Waals surface area contributed by atoms with Crippen LogP contribution in [0.3, 0.4) is 0 Å². The van der Waals surface area contributed by atoms with Crippen molar-refractivity contribution in [2.75, 3.05) is 19.8 Å². The van der Waals surface area contributed by atoms with Gasteiger partial charge in [-0.05, 0) is 26.2 Å². The zero-order valence-electron chi connectivity index (χ0n) is 10.8. The highest BCUT2D eigenvalue weighted by Gasteiger charge is 2.28. The second-order valence-electron chi connectivity index (χ2n) is 4.99. The first-order chi connectivity index (χ1) is 8.70. The number of ether oxygens (including phenoxy) is 2. The topological polar surface area (TPSA) is 62.6 Å². The van der Waals surface area contributed by atoms with E-state index in [0.717, 1.165) is 19.3 Å². The van der Waals surface area contributed by atoms with Crippen molar-refractivity contribution in [2.24, 2.45) is 0 Å². The highest BCUT2D eigenvalue weighted by molar-refractivity contribution is 5.77. The summed E-state index contributed by atoms with van der Waals surface area (Å²) >= 11 is 0. The molecule has 2 aliphatic heterocycles. The second kappa shape index (κ2) is 6.17. The van der Waals surface area contributed by atoms with Gasteiger partial charge in [-0.3, -0.25) is 4.79 Å². The lowest BCUT2D eigenvalue weighted by Gasteiger charge is -2.31. The molecular formula is C13H20N2O3. The molecule has 3 atom stereocenters. The Hall–Kier alpha value is -1.12. The van der Waals surface area contributed by atoms with E-state index in [1.807, 2.05) is 0 Å². The molecule has 2 heterocycles. The highest BCUT2D eigenvalue weighted by Crippen LogP contribution is 2.23. The molecule has 18 heavy (non-hydrogen) atoms. The normalized spacial score (nSPS) is 32.2. The van der Waals surface area contributed by atoms with Gasteiger partial charge in [0.25, 0.3) is 0 Å². The van der Waals surface area contributed by atoms with Crippen LogP contribution in [0.4, 0.5) is 0 Å². The molecular weight excluding hydrogens is 232 g/mol. The molecule has 2 saturated heterocycles. The third-order valence-electron chi connectivity index (χ3n) is 3.60. The first kappa shape index (κ1) is 13.3. The van der Waals surface area contributed by atoms with Crippen molar-refractivity contribution in [3.63, 3.8) is 0 Å². The maximum atomic E-state index is 12.1. The van der Waals surface area contributed by atoms with Crippen molar-refractivity contribution >= 4 is 5.91 Å². The van der Waals surface area contributed by atoms with Crippen molar-refractivity contribution < 1.29 is 14.3 Å². The molecule has 1 amide bonds. The summed E-state index contributed by atoms with van der Waals surface area (Å²) < 4.78 is 10.9. The molecule has 0 spiro atoms. The Bertz CT molecular complexity index is 340. The van der Waals surface area contributed by atoms with Crippen molar-refractivity contribution in [1.82, 2.24) is 4.90 Å². The molecule has 2 fully saturated rings. The number of amides is 1. The third kappa shape index (κ3) is 3.21. The first-order valence-corrected chi connectivity index (χ1v) is 6.63. The minimum absolute atomic E-state index is 0.0491. The van der Waals surface area contributed by atoms with E-state index in [4.69, 9.17) is 14.7 Å². The number of nitrogens with zero attached hydrogens (tertiary/aromatic N) is 2. The Morgan fingerprint density at radius 2 is 2.33 bits per heavy atom. The Balaban J connectivity index is 1.78. The fourth-order valence-electron chi connectivity index (χ4n) is 2.53. The number of morpholine rings is 1. The van der Waals surface area contributed by atoms with Crippen LogP contribution in [0, 0.1) is 11.3 Å². The van der Waals surface area contributed by atoms with E-state index >= 15 is 0 Å². The number of nitriles is 1. The van der Waals surface area contributed by atoms with E-state index in [1.54, 1.807) is 4.90 Å². The van der Waals surface area contributed by atoms with Crippen LogP contribution in [0.5, 0.6) is 0 Å². The Morgan fingerprint density at radius 3 is 3.00 bits per heavy atom. The average Bonchev–Trinajstić information content (AvgIpc) is 2.81. The molecule has 2 aliphatic rings. The summed E-state index contributed by atoms with van der Waals surface area (Å²) in [5.74, 6) is 0.0491. The number of carbonyl (C=O) groups is 1. The summed E-state index contributed by atoms with van der Waals surface area (Å²) in [6.45, 7) is 3.45. The monoisotopic (exact) mass is 252 g/mol. The smallest absolute Gasteiger partial charge is 0.223 e. The zero-order chi connectivity index (χ0) is 13.0. The summed E-state index contributed by atoms with van der Waals surface area (Å²) in [6, 6.07) is 1.70. The molecule has 0 aliphatic carbocycles. The third-order valence-corrected chi connectivity index (χ3v) is 3.60. The molecule has 0 aromatic heterocycles. The average molecular weight is 252 g/mol. The van der Waals surface area contributed by atoms with Gasteiger partial charge in [0.2, 0.25) is 5.91 Å². The van der Waals surface area contributed by atoms with E-state index < -0.39 is 6.04 Å². The molecule has 0 aromatic rings. The number of rotatable bonds is 3. The second-order valence-corrected chi connectivity index (χ2v) is 4.99. The summed E-state index contributed by atoms with van der Waals surface area (Å²) in [6.07, 6.45) is 3.89. The summed E-state index contributed by atoms with van der Waals surface area (Å²) in [7, 11) is 0. The van der Waals surface area contributed by atoms with Crippen LogP contribution < -0.4 is 0 Å². The minimum atomic E-state index is -0.422. The lowest BCUT2D eigenvalue weighted by molar-refractivity contribution is -0.138. The van der Waals surface area contributed by atoms with Crippen LogP contribution in [-0.4, -0.2) is 48.8 Å². The molecule has 2 rings (SSSR count). The van der Waals surface area contributed by atoms with Crippen LogP contribution >= 0.6 is 0 Å². The number of hydrogen-bond acceptors (Lipinski definition) is 4. The van der Waals surface area contributed by atoms with Crippen LogP contribution in [0.25, 0.3) is 0 Å². The Morgan fingerprint density at radius 1 is 1.50 bits per heavy atom. The van der Waals surface area contributed by atoms with Crippen molar-refractivity contribution in [1.29, 1.82) is 5.26 Å². The SMILES string of the molecule is C[C@H]1CC[C@H](CCC(=O)N2CCOC[C@@H]2C#N)O1. The fraction of sp³-hybridized carbons (Fsp3) is 0.846. The van der Waals surface area contributed by atoms with Crippen LogP contribution in [0.15, 0.2) is 0 Å². The van der Waals surface area contributed by atoms with Gasteiger partial charge < -0.3 is 14.4 Å².